The lowest BCUT2D eigenvalue weighted by atomic mass is 9.91. The van der Waals surface area contributed by atoms with Gasteiger partial charge in [-0.25, -0.2) is 0 Å². The minimum atomic E-state index is -0.569. The Labute approximate surface area is 208 Å². The van der Waals surface area contributed by atoms with Crippen LogP contribution >= 0.6 is 23.2 Å². The molecule has 0 spiro atoms. The number of nitrogens with one attached hydrogen (secondary N) is 2. The molecule has 3 aromatic rings. The second-order valence-electron chi connectivity index (χ2n) is 7.59. The highest BCUT2D eigenvalue weighted by Crippen LogP contribution is 2.34. The van der Waals surface area contributed by atoms with Crippen molar-refractivity contribution in [1.82, 2.24) is 5.32 Å². The molecule has 0 aliphatic heterocycles. The number of rotatable bonds is 8. The lowest BCUT2D eigenvalue weighted by Crippen LogP contribution is -2.27. The van der Waals surface area contributed by atoms with Crippen molar-refractivity contribution in [2.24, 2.45) is 0 Å². The number of carbonyl (C=O) groups is 2. The Bertz CT molecular complexity index is 1240. The van der Waals surface area contributed by atoms with E-state index in [1.807, 2.05) is 6.92 Å². The maximum atomic E-state index is 12.4. The van der Waals surface area contributed by atoms with E-state index in [0.717, 1.165) is 11.1 Å². The van der Waals surface area contributed by atoms with E-state index >= 15 is 0 Å². The Balaban J connectivity index is 1.62. The highest BCUT2D eigenvalue weighted by atomic mass is 35.5. The molecule has 2 amide bonds. The molecule has 0 aromatic heterocycles. The number of hydrogen-bond donors (Lipinski definition) is 2. The normalized spacial score (nSPS) is 11.3. The number of anilines is 1. The van der Waals surface area contributed by atoms with Crippen LogP contribution in [-0.2, 0) is 4.79 Å². The summed E-state index contributed by atoms with van der Waals surface area (Å²) in [5.41, 5.74) is 3.18. The number of benzene rings is 3. The van der Waals surface area contributed by atoms with Crippen molar-refractivity contribution in [3.63, 3.8) is 0 Å². The Morgan fingerprint density at radius 1 is 1.09 bits per heavy atom. The number of ether oxygens (including phenoxy) is 1. The molecule has 0 aliphatic carbocycles. The van der Waals surface area contributed by atoms with Gasteiger partial charge in [-0.15, -0.1) is 0 Å². The summed E-state index contributed by atoms with van der Waals surface area (Å²) >= 11 is 12.4. The molecule has 0 bridgehead atoms. The van der Waals surface area contributed by atoms with Crippen LogP contribution in [0, 0.1) is 18.3 Å². The molecule has 3 rings (SSSR count). The molecule has 0 aliphatic rings. The quantitative estimate of drug-likeness (QED) is 0.417. The first-order valence-corrected chi connectivity index (χ1v) is 11.2. The van der Waals surface area contributed by atoms with Crippen LogP contribution in [0.3, 0.4) is 0 Å². The number of nitriles is 1. The van der Waals surface area contributed by atoms with Crippen molar-refractivity contribution < 1.29 is 14.3 Å². The third kappa shape index (κ3) is 6.28. The van der Waals surface area contributed by atoms with Gasteiger partial charge >= 0.3 is 0 Å². The summed E-state index contributed by atoms with van der Waals surface area (Å²) in [6.45, 7) is 2.00. The molecule has 0 saturated heterocycles. The van der Waals surface area contributed by atoms with Crippen LogP contribution < -0.4 is 15.4 Å². The van der Waals surface area contributed by atoms with Crippen molar-refractivity contribution in [3.8, 4) is 11.8 Å². The number of amides is 2. The average molecular weight is 496 g/mol. The van der Waals surface area contributed by atoms with Gasteiger partial charge in [0.05, 0.1) is 19.1 Å². The molecule has 3 aromatic carbocycles. The molecule has 0 fully saturated rings. The fourth-order valence-electron chi connectivity index (χ4n) is 3.41. The van der Waals surface area contributed by atoms with E-state index in [9.17, 15) is 14.9 Å². The van der Waals surface area contributed by atoms with Crippen molar-refractivity contribution in [1.29, 1.82) is 5.26 Å². The van der Waals surface area contributed by atoms with E-state index in [2.05, 4.69) is 16.7 Å². The maximum absolute atomic E-state index is 12.4. The minimum absolute atomic E-state index is 0.0834. The fourth-order valence-corrected chi connectivity index (χ4v) is 3.81. The smallest absolute Gasteiger partial charge is 0.251 e. The molecular weight excluding hydrogens is 473 g/mol. The summed E-state index contributed by atoms with van der Waals surface area (Å²) < 4.78 is 5.12. The Kier molecular flexibility index (Phi) is 8.53. The van der Waals surface area contributed by atoms with Crippen molar-refractivity contribution in [2.45, 2.75) is 19.3 Å². The largest absolute Gasteiger partial charge is 0.497 e. The van der Waals surface area contributed by atoms with E-state index in [-0.39, 0.29) is 24.8 Å². The van der Waals surface area contributed by atoms with Gasteiger partial charge in [-0.3, -0.25) is 9.59 Å². The predicted molar refractivity (Wildman–Crippen MR) is 134 cm³/mol. The van der Waals surface area contributed by atoms with E-state index in [1.54, 1.807) is 60.7 Å². The fraction of sp³-hybridized carbons (Fsp3) is 0.192. The van der Waals surface area contributed by atoms with Crippen LogP contribution in [0.4, 0.5) is 5.69 Å². The number of aryl methyl sites for hydroxylation is 1. The third-order valence-electron chi connectivity index (χ3n) is 5.23. The van der Waals surface area contributed by atoms with Crippen LogP contribution in [0.2, 0.25) is 10.0 Å². The zero-order valence-electron chi connectivity index (χ0n) is 18.7. The molecule has 0 heterocycles. The summed E-state index contributed by atoms with van der Waals surface area (Å²) in [5.74, 6) is -0.552. The van der Waals surface area contributed by atoms with Crippen molar-refractivity contribution in [2.75, 3.05) is 19.0 Å². The van der Waals surface area contributed by atoms with Gasteiger partial charge in [0.15, 0.2) is 0 Å². The average Bonchev–Trinajstić information content (AvgIpc) is 2.83. The molecule has 6 nitrogen and oxygen atoms in total. The minimum Gasteiger partial charge on any atom is -0.497 e. The Hall–Kier alpha value is -3.53. The number of carbonyl (C=O) groups excluding carboxylic acids is 2. The van der Waals surface area contributed by atoms with E-state index < -0.39 is 5.92 Å². The molecule has 1 atom stereocenters. The van der Waals surface area contributed by atoms with Crippen molar-refractivity contribution >= 4 is 40.7 Å². The lowest BCUT2D eigenvalue weighted by molar-refractivity contribution is -0.116. The van der Waals surface area contributed by atoms with Gasteiger partial charge in [0, 0.05) is 34.3 Å². The van der Waals surface area contributed by atoms with E-state index in [4.69, 9.17) is 27.9 Å². The molecule has 8 heteroatoms. The second-order valence-corrected chi connectivity index (χ2v) is 8.43. The first-order valence-electron chi connectivity index (χ1n) is 10.5. The van der Waals surface area contributed by atoms with Gasteiger partial charge in [-0.2, -0.15) is 5.26 Å². The van der Waals surface area contributed by atoms with Crippen LogP contribution in [0.25, 0.3) is 0 Å². The van der Waals surface area contributed by atoms with Crippen LogP contribution in [0.15, 0.2) is 60.7 Å². The topological polar surface area (TPSA) is 91.2 Å². The van der Waals surface area contributed by atoms with Gasteiger partial charge < -0.3 is 15.4 Å². The standard InChI is InChI=1S/C26H23Cl2N3O3/c1-16-12-21(22(15-29)17-6-8-19(27)9-7-17)23(28)14-24(16)31-25(32)10-11-30-26(33)18-4-3-5-20(13-18)34-2/h3-9,12-14,22H,10-11H2,1-2H3,(H,30,33)(H,31,32). The molecular formula is C26H23Cl2N3O3. The van der Waals surface area contributed by atoms with Crippen LogP contribution in [0.1, 0.15) is 39.4 Å². The zero-order valence-corrected chi connectivity index (χ0v) is 20.2. The summed E-state index contributed by atoms with van der Waals surface area (Å²) in [7, 11) is 1.53. The first kappa shape index (κ1) is 25.1. The summed E-state index contributed by atoms with van der Waals surface area (Å²) in [4.78, 5) is 24.7. The molecule has 2 N–H and O–H groups in total. The van der Waals surface area contributed by atoms with Gasteiger partial charge in [-0.1, -0.05) is 47.5 Å². The molecule has 1 unspecified atom stereocenters. The number of hydrogen-bond acceptors (Lipinski definition) is 4. The molecule has 34 heavy (non-hydrogen) atoms. The number of nitrogens with zero attached hydrogens (tertiary/aromatic N) is 1. The SMILES string of the molecule is COc1cccc(C(=O)NCCC(=O)Nc2cc(Cl)c(C(C#N)c3ccc(Cl)cc3)cc2C)c1. The highest BCUT2D eigenvalue weighted by molar-refractivity contribution is 6.32. The monoisotopic (exact) mass is 495 g/mol. The van der Waals surface area contributed by atoms with Crippen LogP contribution in [0.5, 0.6) is 5.75 Å². The van der Waals surface area contributed by atoms with Gasteiger partial charge in [0.1, 0.15) is 5.75 Å². The zero-order chi connectivity index (χ0) is 24.7. The number of methoxy groups -OCH3 is 1. The number of halogens is 2. The van der Waals surface area contributed by atoms with Crippen molar-refractivity contribution in [3.05, 3.63) is 93.0 Å². The molecule has 0 radical (unpaired) electrons. The predicted octanol–water partition coefficient (Wildman–Crippen LogP) is 5.72. The van der Waals surface area contributed by atoms with Gasteiger partial charge in [0.2, 0.25) is 5.91 Å². The molecule has 0 saturated carbocycles. The van der Waals surface area contributed by atoms with E-state index in [1.165, 1.54) is 7.11 Å². The third-order valence-corrected chi connectivity index (χ3v) is 5.81. The van der Waals surface area contributed by atoms with Crippen LogP contribution in [-0.4, -0.2) is 25.5 Å². The Morgan fingerprint density at radius 2 is 1.82 bits per heavy atom. The second kappa shape index (κ2) is 11.6. The Morgan fingerprint density at radius 3 is 2.50 bits per heavy atom. The lowest BCUT2D eigenvalue weighted by Gasteiger charge is -2.16. The van der Waals surface area contributed by atoms with Gasteiger partial charge in [-0.05, 0) is 60.0 Å². The van der Waals surface area contributed by atoms with Gasteiger partial charge in [0.25, 0.3) is 5.91 Å². The summed E-state index contributed by atoms with van der Waals surface area (Å²) in [5, 5.41) is 16.2. The van der Waals surface area contributed by atoms with E-state index in [0.29, 0.717) is 32.6 Å². The highest BCUT2D eigenvalue weighted by Gasteiger charge is 2.19. The molecule has 174 valence electrons. The summed E-state index contributed by atoms with van der Waals surface area (Å²) in [6.07, 6.45) is 0.0834. The summed E-state index contributed by atoms with van der Waals surface area (Å²) in [6, 6.07) is 19.5. The maximum Gasteiger partial charge on any atom is 0.251 e. The first-order chi connectivity index (χ1) is 16.3.